The molecule has 4 fully saturated rings. The number of phenolic OH excluding ortho intramolecular Hbond substituents is 1. The maximum atomic E-state index is 9.72. The first-order valence-electron chi connectivity index (χ1n) is 23.7. The van der Waals surface area contributed by atoms with Crippen LogP contribution in [0.5, 0.6) is 11.5 Å². The third kappa shape index (κ3) is 14.2. The Labute approximate surface area is 395 Å². The molecule has 0 bridgehead atoms. The minimum atomic E-state index is 0.0475. The van der Waals surface area contributed by atoms with Crippen LogP contribution in [0.3, 0.4) is 0 Å². The number of aromatic nitrogens is 6. The number of nitrogens with zero attached hydrogens (tertiary/aromatic N) is 10. The summed E-state index contributed by atoms with van der Waals surface area (Å²) in [5, 5.41) is 24.3. The van der Waals surface area contributed by atoms with Gasteiger partial charge in [-0.1, -0.05) is 74.6 Å². The molecule has 4 aliphatic rings. The summed E-state index contributed by atoms with van der Waals surface area (Å²) in [5.74, 6) is 4.26. The molecule has 0 amide bonds. The van der Waals surface area contributed by atoms with Crippen LogP contribution in [-0.2, 0) is 0 Å². The minimum absolute atomic E-state index is 0.0475. The molecule has 0 unspecified atom stereocenters. The van der Waals surface area contributed by atoms with Crippen molar-refractivity contribution in [3.63, 3.8) is 0 Å². The highest BCUT2D eigenvalue weighted by Gasteiger charge is 2.26. The Balaban J connectivity index is 0.000000194. The Hall–Kier alpha value is -4.64. The molecule has 18 heteroatoms. The first-order chi connectivity index (χ1) is 31.5. The van der Waals surface area contributed by atoms with Gasteiger partial charge in [0.15, 0.2) is 0 Å². The van der Waals surface area contributed by atoms with Crippen molar-refractivity contribution in [3.05, 3.63) is 46.4 Å². The van der Waals surface area contributed by atoms with E-state index in [4.69, 9.17) is 52.9 Å². The summed E-state index contributed by atoms with van der Waals surface area (Å²) in [6.45, 7) is 4.32. The fourth-order valence-electron chi connectivity index (χ4n) is 9.18. The van der Waals surface area contributed by atoms with Crippen LogP contribution in [-0.4, -0.2) is 130 Å². The van der Waals surface area contributed by atoms with Gasteiger partial charge in [-0.15, -0.1) is 0 Å². The molecule has 0 spiro atoms. The number of anilines is 8. The summed E-state index contributed by atoms with van der Waals surface area (Å²) in [7, 11) is 10.1. The molecule has 354 valence electrons. The van der Waals surface area contributed by atoms with Gasteiger partial charge < -0.3 is 50.7 Å². The lowest BCUT2D eigenvalue weighted by molar-refractivity contribution is 0.252. The average Bonchev–Trinajstić information content (AvgIpc) is 3.73. The van der Waals surface area contributed by atoms with Gasteiger partial charge in [-0.05, 0) is 128 Å². The molecular weight excluding hydrogens is 864 g/mol. The lowest BCUT2D eigenvalue weighted by Crippen LogP contribution is -2.42. The number of benzene rings is 2. The number of phenols is 1. The fraction of sp³-hybridized carbons (Fsp3) is 0.617. The number of nitrogens with one attached hydrogen (secondary N) is 4. The highest BCUT2D eigenvalue weighted by molar-refractivity contribution is 6.32. The number of hydrogen-bond donors (Lipinski definition) is 5. The van der Waals surface area contributed by atoms with Crippen molar-refractivity contribution < 1.29 is 9.84 Å². The topological polar surface area (TPSA) is 168 Å². The molecule has 4 aromatic rings. The van der Waals surface area contributed by atoms with Gasteiger partial charge >= 0.3 is 0 Å². The molecule has 2 saturated carbocycles. The molecule has 16 nitrogen and oxygen atoms in total. The van der Waals surface area contributed by atoms with Crippen LogP contribution in [0.25, 0.3) is 0 Å². The molecule has 5 N–H and O–H groups in total. The van der Waals surface area contributed by atoms with Crippen molar-refractivity contribution in [2.45, 2.75) is 127 Å². The third-order valence-corrected chi connectivity index (χ3v) is 13.9. The van der Waals surface area contributed by atoms with Crippen molar-refractivity contribution in [2.24, 2.45) is 0 Å². The van der Waals surface area contributed by atoms with Crippen LogP contribution in [0.1, 0.15) is 103 Å². The summed E-state index contributed by atoms with van der Waals surface area (Å²) >= 11 is 12.4. The van der Waals surface area contributed by atoms with E-state index >= 15 is 0 Å². The molecule has 2 aliphatic heterocycles. The predicted octanol–water partition coefficient (Wildman–Crippen LogP) is 9.58. The highest BCUT2D eigenvalue weighted by Crippen LogP contribution is 2.31. The van der Waals surface area contributed by atoms with Gasteiger partial charge in [-0.2, -0.15) is 29.9 Å². The standard InChI is InChI=1S/C24H36ClN7O.C23H34ClN7O/c1-31-14-12-19(13-15-31)32(2)24-29-22(26-17-8-6-4-5-7-9-17)28-23(30-24)27-18-10-11-21(33-3)20(25)16-18;1-30-13-11-18(12-14-30)31(2)23-28-21(25-16-7-5-3-4-6-8-16)27-22(29-23)26-17-9-10-20(32)19(24)15-17/h10-11,16-17,19H,4-9,12-15H2,1-3H3,(H2,26,27,28,29,30);9-10,15-16,18,32H,3-8,11-14H2,1-2H3,(H2,25,26,27,28,29). The van der Waals surface area contributed by atoms with Crippen molar-refractivity contribution in [1.82, 2.24) is 39.7 Å². The second kappa shape index (κ2) is 23.7. The molecule has 4 heterocycles. The summed E-state index contributed by atoms with van der Waals surface area (Å²) in [4.78, 5) is 37.6. The van der Waals surface area contributed by atoms with Gasteiger partial charge in [0.2, 0.25) is 35.7 Å². The van der Waals surface area contributed by atoms with E-state index in [9.17, 15) is 5.11 Å². The number of methoxy groups -OCH3 is 1. The number of rotatable bonds is 13. The van der Waals surface area contributed by atoms with Crippen molar-refractivity contribution >= 4 is 70.3 Å². The number of piperidine rings is 2. The molecule has 0 atom stereocenters. The Morgan fingerprint density at radius 3 is 1.35 bits per heavy atom. The van der Waals surface area contributed by atoms with Crippen LogP contribution < -0.4 is 35.8 Å². The van der Waals surface area contributed by atoms with E-state index in [0.717, 1.165) is 83.2 Å². The zero-order valence-electron chi connectivity index (χ0n) is 39.0. The number of aromatic hydroxyl groups is 1. The van der Waals surface area contributed by atoms with E-state index in [1.54, 1.807) is 25.3 Å². The molecule has 8 rings (SSSR count). The van der Waals surface area contributed by atoms with Crippen molar-refractivity contribution in [2.75, 3.05) is 92.5 Å². The second-order valence-electron chi connectivity index (χ2n) is 18.3. The van der Waals surface area contributed by atoms with Crippen LogP contribution in [0.4, 0.5) is 47.1 Å². The largest absolute Gasteiger partial charge is 0.506 e. The van der Waals surface area contributed by atoms with E-state index in [-0.39, 0.29) is 10.8 Å². The zero-order valence-corrected chi connectivity index (χ0v) is 40.5. The summed E-state index contributed by atoms with van der Waals surface area (Å²) in [5.41, 5.74) is 1.52. The molecular formula is C47H70Cl2N14O2. The quantitative estimate of drug-likeness (QED) is 0.0634. The zero-order chi connectivity index (χ0) is 45.7. The van der Waals surface area contributed by atoms with Crippen LogP contribution >= 0.6 is 23.2 Å². The van der Waals surface area contributed by atoms with Crippen LogP contribution in [0.15, 0.2) is 36.4 Å². The molecule has 2 saturated heterocycles. The van der Waals surface area contributed by atoms with E-state index in [0.29, 0.717) is 76.3 Å². The van der Waals surface area contributed by atoms with Crippen molar-refractivity contribution in [3.8, 4) is 11.5 Å². The molecule has 2 aromatic carbocycles. The maximum Gasteiger partial charge on any atom is 0.233 e. The lowest BCUT2D eigenvalue weighted by Gasteiger charge is -2.35. The first-order valence-corrected chi connectivity index (χ1v) is 24.5. The monoisotopic (exact) mass is 933 g/mol. The van der Waals surface area contributed by atoms with E-state index in [1.807, 2.05) is 18.2 Å². The first kappa shape index (κ1) is 48.3. The maximum absolute atomic E-state index is 9.72. The van der Waals surface area contributed by atoms with Crippen molar-refractivity contribution in [1.29, 1.82) is 0 Å². The van der Waals surface area contributed by atoms with Gasteiger partial charge in [0.05, 0.1) is 17.2 Å². The van der Waals surface area contributed by atoms with Gasteiger partial charge in [0.1, 0.15) is 11.5 Å². The van der Waals surface area contributed by atoms with E-state index < -0.39 is 0 Å². The number of halogens is 2. The average molecular weight is 934 g/mol. The van der Waals surface area contributed by atoms with Gasteiger partial charge in [-0.25, -0.2) is 0 Å². The summed E-state index contributed by atoms with van der Waals surface area (Å²) < 4.78 is 5.27. The molecule has 65 heavy (non-hydrogen) atoms. The van der Waals surface area contributed by atoms with E-state index in [2.05, 4.69) is 74.0 Å². The highest BCUT2D eigenvalue weighted by atomic mass is 35.5. The Morgan fingerprint density at radius 1 is 0.554 bits per heavy atom. The summed E-state index contributed by atoms with van der Waals surface area (Å²) in [6, 6.07) is 12.1. The smallest absolute Gasteiger partial charge is 0.233 e. The minimum Gasteiger partial charge on any atom is -0.506 e. The molecule has 2 aromatic heterocycles. The van der Waals surface area contributed by atoms with Crippen LogP contribution in [0.2, 0.25) is 10.0 Å². The van der Waals surface area contributed by atoms with Gasteiger partial charge in [0.25, 0.3) is 0 Å². The Kier molecular flexibility index (Phi) is 17.6. The lowest BCUT2D eigenvalue weighted by atomic mass is 10.0. The normalized spacial score (nSPS) is 18.7. The Bertz CT molecular complexity index is 2100. The number of likely N-dealkylation sites (tertiary alicyclic amines) is 2. The summed E-state index contributed by atoms with van der Waals surface area (Å²) in [6.07, 6.45) is 19.2. The van der Waals surface area contributed by atoms with Gasteiger partial charge in [0, 0.05) is 49.6 Å². The number of hydrogen-bond acceptors (Lipinski definition) is 16. The Morgan fingerprint density at radius 2 is 0.954 bits per heavy atom. The molecule has 0 radical (unpaired) electrons. The molecule has 2 aliphatic carbocycles. The second-order valence-corrected chi connectivity index (χ2v) is 19.1. The fourth-order valence-corrected chi connectivity index (χ4v) is 9.61. The number of ether oxygens (including phenoxy) is 1. The third-order valence-electron chi connectivity index (χ3n) is 13.3. The predicted molar refractivity (Wildman–Crippen MR) is 265 cm³/mol. The van der Waals surface area contributed by atoms with Gasteiger partial charge in [-0.3, -0.25) is 0 Å². The van der Waals surface area contributed by atoms with Crippen LogP contribution in [0, 0.1) is 0 Å². The SMILES string of the molecule is CN1CCC(N(C)c2nc(Nc3ccc(O)c(Cl)c3)nc(NC3CCCCCC3)n2)CC1.COc1ccc(Nc2nc(NC3CCCCCC3)nc(N(C)C3CCN(C)CC3)n2)cc1Cl. The van der Waals surface area contributed by atoms with E-state index in [1.165, 1.54) is 51.4 Å².